The summed E-state index contributed by atoms with van der Waals surface area (Å²) >= 11 is 6.08. The predicted octanol–water partition coefficient (Wildman–Crippen LogP) is 1.09. The Morgan fingerprint density at radius 2 is 2.47 bits per heavy atom. The second-order valence-corrected chi connectivity index (χ2v) is 3.36. The Bertz CT molecular complexity index is 521. The van der Waals surface area contributed by atoms with Gasteiger partial charge in [-0.05, 0) is 12.5 Å². The van der Waals surface area contributed by atoms with Crippen LogP contribution in [0.5, 0.6) is 0 Å². The second-order valence-electron chi connectivity index (χ2n) is 2.99. The molecule has 2 aromatic heterocycles. The van der Waals surface area contributed by atoms with E-state index in [9.17, 15) is 0 Å². The van der Waals surface area contributed by atoms with E-state index < -0.39 is 0 Å². The number of hydrogen-bond acceptors (Lipinski definition) is 5. The predicted molar refractivity (Wildman–Crippen MR) is 54.5 cm³/mol. The number of halogens is 1. The fourth-order valence-corrected chi connectivity index (χ4v) is 1.50. The zero-order valence-corrected chi connectivity index (χ0v) is 8.68. The van der Waals surface area contributed by atoms with Gasteiger partial charge in [-0.2, -0.15) is 9.61 Å². The van der Waals surface area contributed by atoms with Gasteiger partial charge in [-0.3, -0.25) is 0 Å². The Labute approximate surface area is 90.2 Å². The van der Waals surface area contributed by atoms with E-state index in [0.29, 0.717) is 17.1 Å². The molecule has 78 valence electrons. The monoisotopic (exact) mass is 225 g/mol. The first-order chi connectivity index (χ1) is 7.24. The third-order valence-corrected chi connectivity index (χ3v) is 2.54. The lowest BCUT2D eigenvalue weighted by Crippen LogP contribution is -2.03. The maximum absolute atomic E-state index is 8.34. The smallest absolute Gasteiger partial charge is 0.196 e. The van der Waals surface area contributed by atoms with Crippen molar-refractivity contribution in [2.75, 3.05) is 0 Å². The summed E-state index contributed by atoms with van der Waals surface area (Å²) in [6, 6.07) is 0. The molecule has 0 fully saturated rings. The maximum atomic E-state index is 8.34. The minimum absolute atomic E-state index is 0.413. The number of fused-ring (bicyclic) bond motifs is 1. The fraction of sp³-hybridized carbons (Fsp3) is 0.250. The van der Waals surface area contributed by atoms with Gasteiger partial charge in [0.05, 0.1) is 10.7 Å². The van der Waals surface area contributed by atoms with Crippen molar-refractivity contribution in [3.05, 3.63) is 22.6 Å². The first-order valence-corrected chi connectivity index (χ1v) is 4.62. The van der Waals surface area contributed by atoms with Crippen molar-refractivity contribution in [3.63, 3.8) is 0 Å². The van der Waals surface area contributed by atoms with Gasteiger partial charge in [0.2, 0.25) is 0 Å². The lowest BCUT2D eigenvalue weighted by atomic mass is 10.2. The van der Waals surface area contributed by atoms with Crippen LogP contribution >= 0.6 is 11.6 Å². The van der Waals surface area contributed by atoms with E-state index in [1.807, 2.05) is 6.92 Å². The first kappa shape index (κ1) is 9.85. The molecule has 0 aliphatic carbocycles. The average molecular weight is 226 g/mol. The summed E-state index contributed by atoms with van der Waals surface area (Å²) in [6.07, 6.45) is 3.23. The normalized spacial score (nSPS) is 11.6. The van der Waals surface area contributed by atoms with Gasteiger partial charge in [-0.1, -0.05) is 11.6 Å². The molecule has 2 rings (SSSR count). The zero-order valence-electron chi connectivity index (χ0n) is 7.92. The van der Waals surface area contributed by atoms with Gasteiger partial charge < -0.3 is 5.21 Å². The van der Waals surface area contributed by atoms with E-state index in [-0.39, 0.29) is 0 Å². The lowest BCUT2D eigenvalue weighted by molar-refractivity contribution is 0.320. The fourth-order valence-electron chi connectivity index (χ4n) is 1.27. The Morgan fingerprint density at radius 1 is 1.67 bits per heavy atom. The number of aromatic nitrogens is 4. The quantitative estimate of drug-likeness (QED) is 0.472. The molecule has 0 amide bonds. The highest BCUT2D eigenvalue weighted by atomic mass is 35.5. The van der Waals surface area contributed by atoms with Crippen molar-refractivity contribution < 1.29 is 5.21 Å². The van der Waals surface area contributed by atoms with Gasteiger partial charge in [-0.15, -0.1) is 15.4 Å². The first-order valence-electron chi connectivity index (χ1n) is 4.25. The number of nitrogens with zero attached hydrogens (tertiary/aromatic N) is 5. The van der Waals surface area contributed by atoms with E-state index >= 15 is 0 Å². The van der Waals surface area contributed by atoms with Crippen molar-refractivity contribution in [2.24, 2.45) is 5.16 Å². The molecular weight excluding hydrogens is 218 g/mol. The number of hydrogen-bond donors (Lipinski definition) is 1. The highest BCUT2D eigenvalue weighted by Gasteiger charge is 2.10. The van der Waals surface area contributed by atoms with Gasteiger partial charge in [0.1, 0.15) is 6.33 Å². The Kier molecular flexibility index (Phi) is 2.51. The lowest BCUT2D eigenvalue weighted by Gasteiger charge is -2.04. The van der Waals surface area contributed by atoms with Crippen LogP contribution in [0.25, 0.3) is 5.65 Å². The second kappa shape index (κ2) is 3.82. The van der Waals surface area contributed by atoms with Crippen molar-refractivity contribution in [3.8, 4) is 0 Å². The van der Waals surface area contributed by atoms with Crippen LogP contribution in [-0.2, 0) is 6.42 Å². The molecule has 2 aromatic rings. The van der Waals surface area contributed by atoms with Crippen LogP contribution in [0.2, 0.25) is 5.02 Å². The van der Waals surface area contributed by atoms with E-state index in [1.54, 1.807) is 0 Å². The molecule has 0 aromatic carbocycles. The number of oxime groups is 1. The summed E-state index contributed by atoms with van der Waals surface area (Å²) in [5.41, 5.74) is 2.07. The van der Waals surface area contributed by atoms with Crippen LogP contribution < -0.4 is 0 Å². The van der Waals surface area contributed by atoms with Crippen molar-refractivity contribution >= 4 is 23.5 Å². The van der Waals surface area contributed by atoms with Crippen molar-refractivity contribution in [2.45, 2.75) is 13.3 Å². The van der Waals surface area contributed by atoms with E-state index in [2.05, 4.69) is 20.5 Å². The third-order valence-electron chi connectivity index (χ3n) is 2.08. The maximum Gasteiger partial charge on any atom is 0.196 e. The van der Waals surface area contributed by atoms with Gasteiger partial charge in [0.15, 0.2) is 5.65 Å². The summed E-state index contributed by atoms with van der Waals surface area (Å²) in [5, 5.41) is 23.6. The topological polar surface area (TPSA) is 75.7 Å². The highest BCUT2D eigenvalue weighted by molar-refractivity contribution is 6.34. The van der Waals surface area contributed by atoms with Gasteiger partial charge in [-0.25, -0.2) is 0 Å². The summed E-state index contributed by atoms with van der Waals surface area (Å²) in [7, 11) is 0. The molecule has 0 aliphatic heterocycles. The molecule has 6 nitrogen and oxygen atoms in total. The zero-order chi connectivity index (χ0) is 10.8. The molecule has 0 atom stereocenters. The molecule has 0 saturated heterocycles. The summed E-state index contributed by atoms with van der Waals surface area (Å²) in [5.74, 6) is 0. The molecule has 1 N–H and O–H groups in total. The van der Waals surface area contributed by atoms with Crippen LogP contribution in [0.4, 0.5) is 0 Å². The SMILES string of the molecule is Cc1c(C/C=N/O)nn2cnnc2c1Cl. The molecule has 0 aliphatic rings. The minimum atomic E-state index is 0.413. The Hall–Kier alpha value is -1.69. The van der Waals surface area contributed by atoms with Gasteiger partial charge >= 0.3 is 0 Å². The molecule has 0 radical (unpaired) electrons. The molecule has 0 bridgehead atoms. The Balaban J connectivity index is 2.59. The van der Waals surface area contributed by atoms with Gasteiger partial charge in [0.25, 0.3) is 0 Å². The molecular formula is C8H8ClN5O. The minimum Gasteiger partial charge on any atom is -0.411 e. The highest BCUT2D eigenvalue weighted by Crippen LogP contribution is 2.21. The van der Waals surface area contributed by atoms with E-state index in [0.717, 1.165) is 11.3 Å². The number of rotatable bonds is 2. The molecule has 0 spiro atoms. The van der Waals surface area contributed by atoms with Crippen LogP contribution in [0.1, 0.15) is 11.3 Å². The molecule has 0 unspecified atom stereocenters. The van der Waals surface area contributed by atoms with Gasteiger partial charge in [0, 0.05) is 12.6 Å². The van der Waals surface area contributed by atoms with E-state index in [4.69, 9.17) is 16.8 Å². The molecule has 2 heterocycles. The van der Waals surface area contributed by atoms with Crippen LogP contribution in [0.3, 0.4) is 0 Å². The van der Waals surface area contributed by atoms with Crippen LogP contribution in [0.15, 0.2) is 11.5 Å². The van der Waals surface area contributed by atoms with Crippen molar-refractivity contribution in [1.29, 1.82) is 0 Å². The van der Waals surface area contributed by atoms with Crippen molar-refractivity contribution in [1.82, 2.24) is 19.8 Å². The standard InChI is InChI=1S/C8H8ClN5O/c1-5-6(2-3-11-15)13-14-4-10-12-8(14)7(5)9/h3-4,15H,2H2,1H3/b11-3+. The van der Waals surface area contributed by atoms with Crippen LogP contribution in [0, 0.1) is 6.92 Å². The largest absolute Gasteiger partial charge is 0.411 e. The molecule has 0 saturated carbocycles. The molecule has 15 heavy (non-hydrogen) atoms. The average Bonchev–Trinajstić information content (AvgIpc) is 2.69. The van der Waals surface area contributed by atoms with E-state index in [1.165, 1.54) is 17.1 Å². The Morgan fingerprint density at radius 3 is 3.20 bits per heavy atom. The van der Waals surface area contributed by atoms with Crippen LogP contribution in [-0.4, -0.2) is 31.2 Å². The molecule has 7 heteroatoms. The summed E-state index contributed by atoms with van der Waals surface area (Å²) < 4.78 is 1.50. The third kappa shape index (κ3) is 1.63. The summed E-state index contributed by atoms with van der Waals surface area (Å²) in [6.45, 7) is 1.84. The summed E-state index contributed by atoms with van der Waals surface area (Å²) in [4.78, 5) is 0.